The molecule has 0 saturated carbocycles. The van der Waals surface area contributed by atoms with Crippen LogP contribution in [-0.4, -0.2) is 19.5 Å². The fraction of sp³-hybridized carbons (Fsp3) is 0. The molecule has 0 spiro atoms. The van der Waals surface area contributed by atoms with Crippen LogP contribution < -0.4 is 0 Å². The summed E-state index contributed by atoms with van der Waals surface area (Å²) >= 11 is 2.60. The van der Waals surface area contributed by atoms with Crippen LogP contribution in [0.15, 0.2) is 157 Å². The number of hydrogen-bond donors (Lipinski definition) is 0. The van der Waals surface area contributed by atoms with Gasteiger partial charge < -0.3 is 0 Å². The topological polar surface area (TPSA) is 43.6 Å². The van der Waals surface area contributed by atoms with E-state index in [4.69, 9.17) is 23.2 Å². The zero-order chi connectivity index (χ0) is 42.2. The highest BCUT2D eigenvalue weighted by atomic mass is 32.1. The van der Waals surface area contributed by atoms with Crippen molar-refractivity contribution in [1.82, 2.24) is 19.5 Å². The van der Waals surface area contributed by atoms with Crippen LogP contribution in [0.25, 0.3) is 102 Å². The van der Waals surface area contributed by atoms with E-state index < -0.39 is 36.3 Å². The van der Waals surface area contributed by atoms with E-state index in [1.54, 1.807) is 11.3 Å². The van der Waals surface area contributed by atoms with Gasteiger partial charge in [-0.15, -0.1) is 22.7 Å². The van der Waals surface area contributed by atoms with Crippen molar-refractivity contribution in [1.29, 1.82) is 0 Å². The molecule has 51 heavy (non-hydrogen) atoms. The molecule has 11 aromatic rings. The number of rotatable bonds is 4. The number of nitrogens with zero attached hydrogens (tertiary/aromatic N) is 4. The van der Waals surface area contributed by atoms with Crippen molar-refractivity contribution in [2.24, 2.45) is 0 Å². The monoisotopic (exact) mass is 696 g/mol. The number of thiophene rings is 2. The lowest BCUT2D eigenvalue weighted by molar-refractivity contribution is 0.954. The summed E-state index contributed by atoms with van der Waals surface area (Å²) in [4.78, 5) is 15.0. The van der Waals surface area contributed by atoms with E-state index in [2.05, 4.69) is 12.1 Å². The van der Waals surface area contributed by atoms with Crippen LogP contribution in [0.5, 0.6) is 0 Å². The molecule has 0 aliphatic rings. The zero-order valence-electron chi connectivity index (χ0n) is 36.3. The van der Waals surface area contributed by atoms with E-state index in [0.717, 1.165) is 42.6 Å². The molecule has 0 amide bonds. The molecule has 4 nitrogen and oxygen atoms in total. The van der Waals surface area contributed by atoms with Gasteiger partial charge in [0.2, 0.25) is 5.95 Å². The summed E-state index contributed by atoms with van der Waals surface area (Å²) in [5.74, 6) is 0.480. The van der Waals surface area contributed by atoms with E-state index in [0.29, 0.717) is 11.1 Å². The second-order valence-electron chi connectivity index (χ2n) is 12.1. The predicted octanol–water partition coefficient (Wildman–Crippen LogP) is 12.7. The number of benzene rings is 7. The molecule has 4 aromatic heterocycles. The standard InChI is InChI=1S/C45H26N4S2/c1-2-10-27(11-3-1)28-18-20-29(21-19-28)43-46-44(30-22-23-34-32-13-5-8-16-39(32)50-41(34)24-30)48-45(47-43)49-37-15-7-4-12-31(37)35-25-36-33-14-6-9-17-40(33)51-42(36)26-38(35)49/h1-26H/i4D,6D,7D,9D,12D,14D,15D,17D,25D,26D. The normalized spacial score (nSPS) is 14.7. The summed E-state index contributed by atoms with van der Waals surface area (Å²) in [6, 6.07) is 27.8. The first-order valence-electron chi connectivity index (χ1n) is 21.1. The molecule has 0 radical (unpaired) electrons. The average Bonchev–Trinajstić information content (AvgIpc) is 3.99. The molecule has 0 fully saturated rings. The maximum absolute atomic E-state index is 9.77. The Labute approximate surface area is 314 Å². The molecule has 0 aliphatic heterocycles. The second kappa shape index (κ2) is 11.2. The van der Waals surface area contributed by atoms with E-state index in [1.165, 1.54) is 4.57 Å². The maximum Gasteiger partial charge on any atom is 0.238 e. The van der Waals surface area contributed by atoms with Crippen LogP contribution in [0.2, 0.25) is 0 Å². The highest BCUT2D eigenvalue weighted by Gasteiger charge is 2.20. The van der Waals surface area contributed by atoms with Gasteiger partial charge in [-0.1, -0.05) is 121 Å². The van der Waals surface area contributed by atoms with E-state index in [-0.39, 0.29) is 83.7 Å². The summed E-state index contributed by atoms with van der Waals surface area (Å²) in [6.45, 7) is 0. The SMILES string of the molecule is [2H]c1c([2H])c([2H])c2c(sc3c([2H])c4c(c([2H])c32)c2c([2H])c([2H])c([2H])c([2H])c2n4-c2nc(-c3ccc(-c4ccccc4)cc3)nc(-c3ccc4c(c3)sc3ccccc34)n2)c1[2H]. The molecule has 238 valence electrons. The predicted molar refractivity (Wildman–Crippen MR) is 216 cm³/mol. The van der Waals surface area contributed by atoms with Gasteiger partial charge in [-0.2, -0.15) is 9.97 Å². The fourth-order valence-electron chi connectivity index (χ4n) is 6.73. The minimum Gasteiger partial charge on any atom is -0.278 e. The first kappa shape index (κ1) is 20.5. The summed E-state index contributed by atoms with van der Waals surface area (Å²) in [6.07, 6.45) is 0. The molecule has 0 N–H and O–H groups in total. The fourth-order valence-corrected chi connectivity index (χ4v) is 8.84. The largest absolute Gasteiger partial charge is 0.278 e. The Balaban J connectivity index is 1.26. The van der Waals surface area contributed by atoms with Gasteiger partial charge in [0, 0.05) is 62.2 Å². The van der Waals surface area contributed by atoms with E-state index in [1.807, 2.05) is 84.9 Å². The van der Waals surface area contributed by atoms with Gasteiger partial charge in [0.15, 0.2) is 11.6 Å². The van der Waals surface area contributed by atoms with Gasteiger partial charge in [-0.05, 0) is 47.4 Å². The van der Waals surface area contributed by atoms with Crippen LogP contribution in [-0.2, 0) is 0 Å². The molecular weight excluding hydrogens is 661 g/mol. The third-order valence-electron chi connectivity index (χ3n) is 9.13. The number of aromatic nitrogens is 4. The second-order valence-corrected chi connectivity index (χ2v) is 14.2. The van der Waals surface area contributed by atoms with E-state index in [9.17, 15) is 5.48 Å². The Morgan fingerprint density at radius 2 is 1.10 bits per heavy atom. The molecule has 6 heteroatoms. The van der Waals surface area contributed by atoms with Crippen LogP contribution in [0.4, 0.5) is 0 Å². The van der Waals surface area contributed by atoms with E-state index >= 15 is 0 Å². The first-order valence-corrected chi connectivity index (χ1v) is 17.8. The average molecular weight is 697 g/mol. The highest BCUT2D eigenvalue weighted by molar-refractivity contribution is 7.26. The Morgan fingerprint density at radius 3 is 1.98 bits per heavy atom. The van der Waals surface area contributed by atoms with Crippen LogP contribution in [0.3, 0.4) is 0 Å². The summed E-state index contributed by atoms with van der Waals surface area (Å²) in [5.41, 5.74) is 3.28. The zero-order valence-corrected chi connectivity index (χ0v) is 28.0. The Morgan fingerprint density at radius 1 is 0.431 bits per heavy atom. The summed E-state index contributed by atoms with van der Waals surface area (Å²) in [7, 11) is 0. The summed E-state index contributed by atoms with van der Waals surface area (Å²) in [5, 5.41) is 2.35. The lowest BCUT2D eigenvalue weighted by Crippen LogP contribution is -2.06. The highest BCUT2D eigenvalue weighted by Crippen LogP contribution is 2.41. The molecule has 4 heterocycles. The Kier molecular flexibility index (Phi) is 4.47. The smallest absolute Gasteiger partial charge is 0.238 e. The van der Waals surface area contributed by atoms with Crippen molar-refractivity contribution in [3.05, 3.63) is 157 Å². The third kappa shape index (κ3) is 4.54. The molecule has 0 atom stereocenters. The van der Waals surface area contributed by atoms with Crippen molar-refractivity contribution in [2.75, 3.05) is 0 Å². The van der Waals surface area contributed by atoms with Gasteiger partial charge in [0.25, 0.3) is 0 Å². The van der Waals surface area contributed by atoms with Crippen molar-refractivity contribution in [3.63, 3.8) is 0 Å². The van der Waals surface area contributed by atoms with Gasteiger partial charge in [0.1, 0.15) is 0 Å². The first-order chi connectivity index (χ1) is 29.4. The van der Waals surface area contributed by atoms with Gasteiger partial charge in [-0.3, -0.25) is 4.57 Å². The molecule has 0 aliphatic carbocycles. The lowest BCUT2D eigenvalue weighted by Gasteiger charge is -2.11. The molecule has 11 rings (SSSR count). The molecule has 7 aromatic carbocycles. The Hall–Kier alpha value is -6.21. The molecule has 0 unspecified atom stereocenters. The van der Waals surface area contributed by atoms with Crippen molar-refractivity contribution in [3.8, 4) is 39.9 Å². The minimum atomic E-state index is -0.535. The van der Waals surface area contributed by atoms with Crippen molar-refractivity contribution >= 4 is 84.8 Å². The van der Waals surface area contributed by atoms with Crippen LogP contribution in [0, 0.1) is 0 Å². The molecule has 0 bridgehead atoms. The van der Waals surface area contributed by atoms with Crippen LogP contribution >= 0.6 is 22.7 Å². The summed E-state index contributed by atoms with van der Waals surface area (Å²) < 4.78 is 93.5. The molecular formula is C45H26N4S2. The lowest BCUT2D eigenvalue weighted by atomic mass is 10.0. The third-order valence-corrected chi connectivity index (χ3v) is 11.3. The number of fused-ring (bicyclic) bond motifs is 9. The van der Waals surface area contributed by atoms with Crippen molar-refractivity contribution in [2.45, 2.75) is 0 Å². The number of para-hydroxylation sites is 1. The van der Waals surface area contributed by atoms with Gasteiger partial charge in [0.05, 0.1) is 24.7 Å². The maximum atomic E-state index is 9.77. The Bertz CT molecular complexity index is 3710. The van der Waals surface area contributed by atoms with Gasteiger partial charge >= 0.3 is 0 Å². The van der Waals surface area contributed by atoms with Crippen LogP contribution in [0.1, 0.15) is 13.7 Å². The number of hydrogen-bond acceptors (Lipinski definition) is 5. The van der Waals surface area contributed by atoms with Gasteiger partial charge in [-0.25, -0.2) is 4.98 Å². The van der Waals surface area contributed by atoms with Crippen molar-refractivity contribution < 1.29 is 13.7 Å². The quantitative estimate of drug-likeness (QED) is 0.184. The minimum absolute atomic E-state index is 0.00836. The molecule has 0 saturated heterocycles.